The van der Waals surface area contributed by atoms with E-state index in [0.29, 0.717) is 66.5 Å². The Morgan fingerprint density at radius 1 is 0.978 bits per heavy atom. The molecule has 0 amide bonds. The number of aromatic nitrogens is 1. The molecule has 0 spiro atoms. The molecule has 46 heavy (non-hydrogen) atoms. The number of hydrogen-bond donors (Lipinski definition) is 0. The highest BCUT2D eigenvalue weighted by molar-refractivity contribution is 7.07. The van der Waals surface area contributed by atoms with E-state index in [9.17, 15) is 9.59 Å². The Balaban J connectivity index is 1.63. The molecule has 8 nitrogen and oxygen atoms in total. The molecule has 0 N–H and O–H groups in total. The molecule has 1 aliphatic heterocycles. The average molecular weight is 682 g/mol. The Kier molecular flexibility index (Phi) is 10.9. The third-order valence-corrected chi connectivity index (χ3v) is 8.87. The fourth-order valence-corrected chi connectivity index (χ4v) is 6.65. The van der Waals surface area contributed by atoms with Gasteiger partial charge in [-0.2, -0.15) is 0 Å². The van der Waals surface area contributed by atoms with Crippen molar-refractivity contribution in [3.05, 3.63) is 118 Å². The van der Waals surface area contributed by atoms with Gasteiger partial charge in [0.2, 0.25) is 0 Å². The van der Waals surface area contributed by atoms with Crippen molar-refractivity contribution < 1.29 is 23.7 Å². The van der Waals surface area contributed by atoms with Gasteiger partial charge in [-0.1, -0.05) is 72.1 Å². The number of thiazole rings is 1. The molecule has 0 fully saturated rings. The summed E-state index contributed by atoms with van der Waals surface area (Å²) in [7, 11) is 1.54. The van der Waals surface area contributed by atoms with E-state index >= 15 is 0 Å². The SMILES string of the molecule is CCCC1=C(C(=O)OCC)[C@@H](c2cc(Cl)ccc2OC)n2c(s/c(=C/c3ccc(OCc4ccccc4Cl)c(OCC)c3)c2=O)=N1. The normalized spacial score (nSPS) is 14.5. The van der Waals surface area contributed by atoms with Gasteiger partial charge >= 0.3 is 5.97 Å². The number of rotatable bonds is 12. The second kappa shape index (κ2) is 15.0. The van der Waals surface area contributed by atoms with E-state index in [0.717, 1.165) is 17.5 Å². The van der Waals surface area contributed by atoms with Crippen LogP contribution in [0.25, 0.3) is 6.08 Å². The number of esters is 1. The van der Waals surface area contributed by atoms with Gasteiger partial charge in [0.1, 0.15) is 18.4 Å². The highest BCUT2D eigenvalue weighted by atomic mass is 35.5. The summed E-state index contributed by atoms with van der Waals surface area (Å²) in [6.07, 6.45) is 3.04. The summed E-state index contributed by atoms with van der Waals surface area (Å²) < 4.78 is 25.1. The zero-order valence-corrected chi connectivity index (χ0v) is 28.3. The molecule has 0 bridgehead atoms. The van der Waals surface area contributed by atoms with Gasteiger partial charge in [0.05, 0.1) is 36.1 Å². The molecular weight excluding hydrogens is 647 g/mol. The second-order valence-corrected chi connectivity index (χ2v) is 12.2. The first-order valence-electron chi connectivity index (χ1n) is 15.0. The Hall–Kier alpha value is -4.05. The first-order valence-corrected chi connectivity index (χ1v) is 16.5. The van der Waals surface area contributed by atoms with Crippen LogP contribution < -0.4 is 29.1 Å². The molecule has 0 unspecified atom stereocenters. The number of methoxy groups -OCH3 is 1. The van der Waals surface area contributed by atoms with E-state index in [1.165, 1.54) is 23.0 Å². The van der Waals surface area contributed by atoms with Crippen molar-refractivity contribution >= 4 is 46.6 Å². The zero-order chi connectivity index (χ0) is 32.8. The van der Waals surface area contributed by atoms with Gasteiger partial charge in [0.25, 0.3) is 5.56 Å². The van der Waals surface area contributed by atoms with Gasteiger partial charge in [0.15, 0.2) is 16.3 Å². The molecule has 4 aromatic rings. The maximum atomic E-state index is 14.2. The summed E-state index contributed by atoms with van der Waals surface area (Å²) in [5.41, 5.74) is 2.70. The first-order chi connectivity index (χ1) is 22.3. The number of hydrogen-bond acceptors (Lipinski definition) is 8. The van der Waals surface area contributed by atoms with Crippen LogP contribution in [0.2, 0.25) is 10.0 Å². The fourth-order valence-electron chi connectivity index (χ4n) is 5.26. The lowest BCUT2D eigenvalue weighted by molar-refractivity contribution is -0.139. The number of ether oxygens (including phenoxy) is 4. The Labute approximate surface area is 281 Å². The number of allylic oxidation sites excluding steroid dienone is 1. The maximum Gasteiger partial charge on any atom is 0.338 e. The summed E-state index contributed by atoms with van der Waals surface area (Å²) in [5.74, 6) is 1.03. The number of halogens is 2. The van der Waals surface area contributed by atoms with Crippen molar-refractivity contribution in [1.29, 1.82) is 0 Å². The van der Waals surface area contributed by atoms with Crippen molar-refractivity contribution in [2.24, 2.45) is 4.99 Å². The lowest BCUT2D eigenvalue weighted by atomic mass is 9.93. The third kappa shape index (κ3) is 7.02. The molecule has 11 heteroatoms. The second-order valence-electron chi connectivity index (χ2n) is 10.3. The predicted molar refractivity (Wildman–Crippen MR) is 181 cm³/mol. The van der Waals surface area contributed by atoms with Gasteiger partial charge in [0, 0.05) is 21.2 Å². The van der Waals surface area contributed by atoms with Crippen LogP contribution in [-0.4, -0.2) is 30.9 Å². The molecular formula is C35H34Cl2N2O6S. The number of nitrogens with zero attached hydrogens (tertiary/aromatic N) is 2. The highest BCUT2D eigenvalue weighted by Gasteiger charge is 2.36. The molecule has 240 valence electrons. The molecule has 0 radical (unpaired) electrons. The van der Waals surface area contributed by atoms with Crippen LogP contribution >= 0.6 is 34.5 Å². The smallest absolute Gasteiger partial charge is 0.338 e. The molecule has 1 atom stereocenters. The third-order valence-electron chi connectivity index (χ3n) is 7.28. The minimum atomic E-state index is -0.854. The number of benzene rings is 3. The Morgan fingerprint density at radius 3 is 2.48 bits per heavy atom. The van der Waals surface area contributed by atoms with E-state index in [1.54, 1.807) is 31.2 Å². The summed E-state index contributed by atoms with van der Waals surface area (Å²) in [6.45, 7) is 6.51. The van der Waals surface area contributed by atoms with E-state index in [2.05, 4.69) is 0 Å². The molecule has 1 aliphatic rings. The largest absolute Gasteiger partial charge is 0.496 e. The van der Waals surface area contributed by atoms with Crippen LogP contribution in [0.1, 0.15) is 56.3 Å². The molecule has 2 heterocycles. The summed E-state index contributed by atoms with van der Waals surface area (Å²) in [6, 6.07) is 17.3. The summed E-state index contributed by atoms with van der Waals surface area (Å²) in [4.78, 5) is 33.0. The van der Waals surface area contributed by atoms with Crippen LogP contribution in [-0.2, 0) is 16.1 Å². The molecule has 5 rings (SSSR count). The fraction of sp³-hybridized carbons (Fsp3) is 0.286. The molecule has 3 aromatic carbocycles. The van der Waals surface area contributed by atoms with Crippen molar-refractivity contribution in [2.45, 2.75) is 46.3 Å². The Morgan fingerprint density at radius 2 is 1.76 bits per heavy atom. The van der Waals surface area contributed by atoms with Crippen molar-refractivity contribution in [2.75, 3.05) is 20.3 Å². The van der Waals surface area contributed by atoms with Gasteiger partial charge in [-0.05, 0) is 68.3 Å². The van der Waals surface area contributed by atoms with Gasteiger partial charge in [-0.15, -0.1) is 0 Å². The first kappa shape index (κ1) is 33.3. The van der Waals surface area contributed by atoms with Crippen LogP contribution in [0, 0.1) is 0 Å². The van der Waals surface area contributed by atoms with E-state index in [1.807, 2.05) is 56.3 Å². The standard InChI is InChI=1S/C35H34Cl2N2O6S/c1-5-10-26-31(34(41)44-7-3)32(24-19-23(36)14-16-27(24)42-4)39-33(40)30(46-35(39)38-26)18-21-13-15-28(29(17-21)43-6-2)45-20-22-11-8-9-12-25(22)37/h8-9,11-19,32H,5-7,10,20H2,1-4H3/b30-18+/t32-/m1/s1. The van der Waals surface area contributed by atoms with Crippen molar-refractivity contribution in [1.82, 2.24) is 4.57 Å². The zero-order valence-electron chi connectivity index (χ0n) is 26.0. The number of carbonyl (C=O) groups is 1. The van der Waals surface area contributed by atoms with Gasteiger partial charge in [-0.25, -0.2) is 9.79 Å². The van der Waals surface area contributed by atoms with Crippen molar-refractivity contribution in [3.63, 3.8) is 0 Å². The molecule has 0 saturated carbocycles. The van der Waals surface area contributed by atoms with Crippen LogP contribution in [0.5, 0.6) is 17.2 Å². The summed E-state index contributed by atoms with van der Waals surface area (Å²) in [5, 5.41) is 1.06. The van der Waals surface area contributed by atoms with E-state index in [4.69, 9.17) is 47.1 Å². The van der Waals surface area contributed by atoms with Crippen LogP contribution in [0.3, 0.4) is 0 Å². The lowest BCUT2D eigenvalue weighted by Crippen LogP contribution is -2.40. The van der Waals surface area contributed by atoms with Crippen molar-refractivity contribution in [3.8, 4) is 17.2 Å². The number of fused-ring (bicyclic) bond motifs is 1. The van der Waals surface area contributed by atoms with E-state index < -0.39 is 12.0 Å². The van der Waals surface area contributed by atoms with Crippen LogP contribution in [0.4, 0.5) is 0 Å². The van der Waals surface area contributed by atoms with Gasteiger partial charge in [-0.3, -0.25) is 9.36 Å². The topological polar surface area (TPSA) is 88.4 Å². The van der Waals surface area contributed by atoms with E-state index in [-0.39, 0.29) is 18.8 Å². The maximum absolute atomic E-state index is 14.2. The Bertz CT molecular complexity index is 1970. The van der Waals surface area contributed by atoms with Gasteiger partial charge < -0.3 is 18.9 Å². The highest BCUT2D eigenvalue weighted by Crippen LogP contribution is 2.38. The number of carbonyl (C=O) groups excluding carboxylic acids is 1. The molecule has 0 aliphatic carbocycles. The quantitative estimate of drug-likeness (QED) is 0.152. The summed E-state index contributed by atoms with van der Waals surface area (Å²) >= 11 is 14.0. The minimum Gasteiger partial charge on any atom is -0.496 e. The minimum absolute atomic E-state index is 0.172. The predicted octanol–water partition coefficient (Wildman–Crippen LogP) is 6.87. The molecule has 1 aromatic heterocycles. The average Bonchev–Trinajstić information content (AvgIpc) is 3.35. The molecule has 0 saturated heterocycles. The van der Waals surface area contributed by atoms with Crippen LogP contribution in [0.15, 0.2) is 81.7 Å². The lowest BCUT2D eigenvalue weighted by Gasteiger charge is -2.27. The monoisotopic (exact) mass is 680 g/mol.